The quantitative estimate of drug-likeness (QED) is 0.523. The predicted molar refractivity (Wildman–Crippen MR) is 130 cm³/mol. The molecule has 0 spiro atoms. The first-order valence-corrected chi connectivity index (χ1v) is 12.2. The van der Waals surface area contributed by atoms with Crippen LogP contribution in [0.1, 0.15) is 44.2 Å². The van der Waals surface area contributed by atoms with Crippen molar-refractivity contribution in [3.05, 3.63) is 69.2 Å². The Hall–Kier alpha value is -1.81. The summed E-state index contributed by atoms with van der Waals surface area (Å²) < 4.78 is 41.7. The molecule has 4 rings (SSSR count). The van der Waals surface area contributed by atoms with E-state index in [1.165, 1.54) is 24.3 Å². The molecule has 0 aliphatic carbocycles. The molecule has 190 valence electrons. The zero-order chi connectivity index (χ0) is 25.5. The van der Waals surface area contributed by atoms with Gasteiger partial charge in [-0.25, -0.2) is 8.78 Å². The Morgan fingerprint density at radius 1 is 1.26 bits per heavy atom. The molecule has 2 aromatic carbocycles. The van der Waals surface area contributed by atoms with Gasteiger partial charge in [-0.3, -0.25) is 4.79 Å². The van der Waals surface area contributed by atoms with Crippen molar-refractivity contribution >= 4 is 29.1 Å². The van der Waals surface area contributed by atoms with Crippen LogP contribution in [0.25, 0.3) is 0 Å². The van der Waals surface area contributed by atoms with Crippen molar-refractivity contribution in [1.82, 2.24) is 10.6 Å². The minimum Gasteiger partial charge on any atom is -0.355 e. The summed E-state index contributed by atoms with van der Waals surface area (Å²) in [6.07, 6.45) is 0.381. The van der Waals surface area contributed by atoms with Crippen molar-refractivity contribution < 1.29 is 23.0 Å². The van der Waals surface area contributed by atoms with E-state index in [0.29, 0.717) is 19.6 Å². The SMILES string of the molecule is CC1NC(C(=O)NCCC2COC(C)(C)O2)C(c2cccc(Cl)c2F)C1(N)c1ccc(Cl)cc1F. The molecule has 2 saturated heterocycles. The summed E-state index contributed by atoms with van der Waals surface area (Å²) >= 11 is 12.0. The van der Waals surface area contributed by atoms with Crippen molar-refractivity contribution in [1.29, 1.82) is 0 Å². The molecule has 4 N–H and O–H groups in total. The summed E-state index contributed by atoms with van der Waals surface area (Å²) in [6.45, 7) is 6.14. The minimum absolute atomic E-state index is 0.110. The number of benzene rings is 2. The van der Waals surface area contributed by atoms with Crippen LogP contribution in [0.2, 0.25) is 10.0 Å². The number of amides is 1. The highest BCUT2D eigenvalue weighted by Crippen LogP contribution is 2.47. The highest BCUT2D eigenvalue weighted by Gasteiger charge is 2.56. The molecule has 0 aromatic heterocycles. The molecule has 2 aliphatic rings. The number of hydrogen-bond acceptors (Lipinski definition) is 5. The maximum atomic E-state index is 15.3. The van der Waals surface area contributed by atoms with Gasteiger partial charge in [0.25, 0.3) is 0 Å². The Morgan fingerprint density at radius 3 is 2.66 bits per heavy atom. The van der Waals surface area contributed by atoms with Crippen LogP contribution in [0.4, 0.5) is 8.78 Å². The van der Waals surface area contributed by atoms with Gasteiger partial charge in [0.2, 0.25) is 5.91 Å². The summed E-state index contributed by atoms with van der Waals surface area (Å²) in [5, 5.41) is 6.15. The molecule has 0 bridgehead atoms. The van der Waals surface area contributed by atoms with Crippen LogP contribution in [0.15, 0.2) is 36.4 Å². The third-order valence-corrected chi connectivity index (χ3v) is 7.35. The molecule has 2 heterocycles. The monoisotopic (exact) mass is 527 g/mol. The van der Waals surface area contributed by atoms with Crippen LogP contribution in [0.3, 0.4) is 0 Å². The van der Waals surface area contributed by atoms with E-state index in [4.69, 9.17) is 38.4 Å². The zero-order valence-corrected chi connectivity index (χ0v) is 21.2. The lowest BCUT2D eigenvalue weighted by Crippen LogP contribution is -2.50. The van der Waals surface area contributed by atoms with E-state index in [9.17, 15) is 4.79 Å². The fraction of sp³-hybridized carbons (Fsp3) is 0.480. The summed E-state index contributed by atoms with van der Waals surface area (Å²) in [4.78, 5) is 13.4. The lowest BCUT2D eigenvalue weighted by atomic mass is 9.71. The van der Waals surface area contributed by atoms with Crippen LogP contribution >= 0.6 is 23.2 Å². The first-order valence-electron chi connectivity index (χ1n) is 11.5. The molecule has 5 atom stereocenters. The van der Waals surface area contributed by atoms with Gasteiger partial charge in [-0.2, -0.15) is 0 Å². The van der Waals surface area contributed by atoms with E-state index in [2.05, 4.69) is 10.6 Å². The van der Waals surface area contributed by atoms with Crippen molar-refractivity contribution in [2.75, 3.05) is 13.2 Å². The summed E-state index contributed by atoms with van der Waals surface area (Å²) in [6, 6.07) is 7.12. The fourth-order valence-electron chi connectivity index (χ4n) is 5.09. The molecule has 2 aliphatic heterocycles. The van der Waals surface area contributed by atoms with Crippen molar-refractivity contribution in [3.63, 3.8) is 0 Å². The smallest absolute Gasteiger partial charge is 0.237 e. The Kier molecular flexibility index (Phi) is 7.44. The average molecular weight is 528 g/mol. The van der Waals surface area contributed by atoms with Crippen LogP contribution in [0.5, 0.6) is 0 Å². The first kappa shape index (κ1) is 26.3. The van der Waals surface area contributed by atoms with E-state index in [1.807, 2.05) is 13.8 Å². The van der Waals surface area contributed by atoms with Crippen LogP contribution in [-0.4, -0.2) is 43.0 Å². The number of rotatable bonds is 6. The molecule has 2 fully saturated rings. The van der Waals surface area contributed by atoms with Crippen molar-refractivity contribution in [2.45, 2.75) is 62.6 Å². The predicted octanol–water partition coefficient (Wildman–Crippen LogP) is 4.23. The third-order valence-electron chi connectivity index (χ3n) is 6.82. The van der Waals surface area contributed by atoms with Gasteiger partial charge in [-0.1, -0.05) is 41.4 Å². The number of carbonyl (C=O) groups is 1. The van der Waals surface area contributed by atoms with Gasteiger partial charge >= 0.3 is 0 Å². The normalized spacial score (nSPS) is 29.9. The Labute approximate surface area is 213 Å². The minimum atomic E-state index is -1.48. The average Bonchev–Trinajstić information content (AvgIpc) is 3.26. The molecule has 0 radical (unpaired) electrons. The fourth-order valence-corrected chi connectivity index (χ4v) is 5.43. The van der Waals surface area contributed by atoms with Crippen LogP contribution < -0.4 is 16.4 Å². The van der Waals surface area contributed by atoms with Crippen LogP contribution in [-0.2, 0) is 19.8 Å². The van der Waals surface area contributed by atoms with E-state index < -0.39 is 41.0 Å². The Morgan fingerprint density at radius 2 is 2.00 bits per heavy atom. The van der Waals surface area contributed by atoms with Crippen molar-refractivity contribution in [3.8, 4) is 0 Å². The highest BCUT2D eigenvalue weighted by atomic mass is 35.5. The molecule has 5 unspecified atom stereocenters. The van der Waals surface area contributed by atoms with Gasteiger partial charge in [-0.15, -0.1) is 0 Å². The Bertz CT molecular complexity index is 1120. The maximum absolute atomic E-state index is 15.3. The molecular weight excluding hydrogens is 499 g/mol. The molecule has 2 aromatic rings. The molecule has 1 amide bonds. The molecular formula is C25H29Cl2F2N3O3. The lowest BCUT2D eigenvalue weighted by Gasteiger charge is -2.36. The standard InChI is InChI=1S/C25H29Cl2F2N3O3/c1-13-25(30,17-8-7-14(26)11-19(17)28)20(16-5-4-6-18(27)21(16)29)22(32-13)23(33)31-10-9-15-12-34-24(2,3)35-15/h4-8,11,13,15,20,22,32H,9-10,12,30H2,1-3H3,(H,31,33). The molecule has 35 heavy (non-hydrogen) atoms. The largest absolute Gasteiger partial charge is 0.355 e. The maximum Gasteiger partial charge on any atom is 0.237 e. The Balaban J connectivity index is 1.65. The second-order valence-corrected chi connectivity index (χ2v) is 10.4. The van der Waals surface area contributed by atoms with E-state index in [-0.39, 0.29) is 33.2 Å². The van der Waals surface area contributed by atoms with Gasteiger partial charge in [0, 0.05) is 29.1 Å². The second kappa shape index (κ2) is 9.92. The number of carbonyl (C=O) groups excluding carboxylic acids is 1. The number of nitrogens with one attached hydrogen (secondary N) is 2. The third kappa shape index (κ3) is 5.05. The van der Waals surface area contributed by atoms with Gasteiger partial charge in [0.1, 0.15) is 11.6 Å². The summed E-state index contributed by atoms with van der Waals surface area (Å²) in [5.74, 6) is -3.34. The lowest BCUT2D eigenvalue weighted by molar-refractivity contribution is -0.138. The summed E-state index contributed by atoms with van der Waals surface area (Å²) in [7, 11) is 0. The van der Waals surface area contributed by atoms with E-state index >= 15 is 8.78 Å². The van der Waals surface area contributed by atoms with E-state index in [0.717, 1.165) is 6.07 Å². The number of nitrogens with two attached hydrogens (primary N) is 1. The molecule has 10 heteroatoms. The number of hydrogen-bond donors (Lipinski definition) is 3. The molecule has 0 saturated carbocycles. The van der Waals surface area contributed by atoms with Crippen LogP contribution in [0, 0.1) is 11.6 Å². The second-order valence-electron chi connectivity index (χ2n) is 9.57. The highest BCUT2D eigenvalue weighted by molar-refractivity contribution is 6.31. The van der Waals surface area contributed by atoms with Crippen molar-refractivity contribution in [2.24, 2.45) is 5.73 Å². The number of ether oxygens (including phenoxy) is 2. The topological polar surface area (TPSA) is 85.6 Å². The van der Waals surface area contributed by atoms with E-state index in [1.54, 1.807) is 13.0 Å². The van der Waals surface area contributed by atoms with Gasteiger partial charge < -0.3 is 25.8 Å². The van der Waals surface area contributed by atoms with Gasteiger partial charge in [0.05, 0.1) is 29.3 Å². The summed E-state index contributed by atoms with van der Waals surface area (Å²) in [5.41, 5.74) is 5.66. The van der Waals surface area contributed by atoms with Gasteiger partial charge in [-0.05, 0) is 51.0 Å². The zero-order valence-electron chi connectivity index (χ0n) is 19.7. The number of halogens is 4. The first-order chi connectivity index (χ1) is 16.4. The molecule has 6 nitrogen and oxygen atoms in total. The van der Waals surface area contributed by atoms with Gasteiger partial charge in [0.15, 0.2) is 5.79 Å².